The van der Waals surface area contributed by atoms with Crippen molar-refractivity contribution in [2.75, 3.05) is 38.3 Å². The van der Waals surface area contributed by atoms with E-state index in [2.05, 4.69) is 5.10 Å². The van der Waals surface area contributed by atoms with Gasteiger partial charge in [0.05, 0.1) is 24.9 Å². The molecule has 1 unspecified atom stereocenters. The Hall–Kier alpha value is -3.36. The number of sulfonamides is 1. The fourth-order valence-corrected chi connectivity index (χ4v) is 6.31. The number of aromatic nitrogens is 2. The Bertz CT molecular complexity index is 1530. The number of hydrogen-bond acceptors (Lipinski definition) is 7. The van der Waals surface area contributed by atoms with E-state index >= 15 is 4.39 Å². The number of carbonyl (C=O) groups excluding carboxylic acids is 1. The maximum atomic E-state index is 16.2. The number of primary amides is 1. The van der Waals surface area contributed by atoms with Crippen molar-refractivity contribution in [3.63, 3.8) is 0 Å². The van der Waals surface area contributed by atoms with Crippen molar-refractivity contribution < 1.29 is 35.9 Å². The van der Waals surface area contributed by atoms with E-state index in [9.17, 15) is 22.0 Å². The van der Waals surface area contributed by atoms with E-state index in [0.717, 1.165) is 8.82 Å². The van der Waals surface area contributed by atoms with Crippen LogP contribution in [-0.4, -0.2) is 73.9 Å². The number of ether oxygens (including phenoxy) is 2. The Labute approximate surface area is 223 Å². The van der Waals surface area contributed by atoms with Crippen LogP contribution in [0, 0.1) is 11.6 Å². The van der Waals surface area contributed by atoms with Gasteiger partial charge in [0.2, 0.25) is 5.03 Å². The van der Waals surface area contributed by atoms with Crippen LogP contribution < -0.4 is 15.4 Å². The topological polar surface area (TPSA) is 119 Å². The fourth-order valence-electron chi connectivity index (χ4n) is 5.03. The molecule has 2 aliphatic heterocycles. The third-order valence-electron chi connectivity index (χ3n) is 7.10. The smallest absolute Gasteiger partial charge is 0.262 e. The highest BCUT2D eigenvalue weighted by molar-refractivity contribution is 7.89. The van der Waals surface area contributed by atoms with Crippen LogP contribution in [-0.2, 0) is 14.8 Å². The number of fused-ring (bicyclic) bond motifs is 1. The minimum absolute atomic E-state index is 0.0699. The molecule has 39 heavy (non-hydrogen) atoms. The molecule has 0 aliphatic carbocycles. The van der Waals surface area contributed by atoms with Gasteiger partial charge in [0.15, 0.2) is 5.82 Å². The zero-order valence-corrected chi connectivity index (χ0v) is 22.1. The summed E-state index contributed by atoms with van der Waals surface area (Å²) in [6, 6.07) is 4.40. The molecule has 2 N–H and O–H groups in total. The number of carbonyl (C=O) groups is 1. The second kappa shape index (κ2) is 10.3. The molecule has 1 amide bonds. The Morgan fingerprint density at radius 1 is 1.31 bits per heavy atom. The van der Waals surface area contributed by atoms with Gasteiger partial charge in [-0.3, -0.25) is 4.79 Å². The number of pyridine rings is 1. The van der Waals surface area contributed by atoms with Crippen LogP contribution in [0.25, 0.3) is 5.52 Å². The van der Waals surface area contributed by atoms with Crippen molar-refractivity contribution in [3.05, 3.63) is 53.2 Å². The van der Waals surface area contributed by atoms with Crippen LogP contribution in [0.2, 0.25) is 0 Å². The van der Waals surface area contributed by atoms with Gasteiger partial charge >= 0.3 is 0 Å². The minimum atomic E-state index is -4.27. The Morgan fingerprint density at radius 3 is 2.74 bits per heavy atom. The van der Waals surface area contributed by atoms with Gasteiger partial charge in [0, 0.05) is 44.7 Å². The predicted molar refractivity (Wildman–Crippen MR) is 135 cm³/mol. The van der Waals surface area contributed by atoms with E-state index < -0.39 is 55.9 Å². The monoisotopic (exact) mass is 567 g/mol. The Kier molecular flexibility index (Phi) is 7.20. The molecular weight excluding hydrogens is 539 g/mol. The molecule has 0 radical (unpaired) electrons. The number of amides is 1. The molecular formula is C25H28F3N5O5S. The lowest BCUT2D eigenvalue weighted by Gasteiger charge is -2.29. The lowest BCUT2D eigenvalue weighted by molar-refractivity contribution is 0.0998. The first-order chi connectivity index (χ1) is 18.5. The van der Waals surface area contributed by atoms with Crippen LogP contribution in [0.5, 0.6) is 5.75 Å². The SMILES string of the molecule is CCN(C)S(=O)(=O)c1nn2ccc(N3C[C@@H](F)C[C@@H]3c3cc(F)ccc3OC3CCOC3)c(F)c2c1C(N)=O. The summed E-state index contributed by atoms with van der Waals surface area (Å²) < 4.78 is 84.7. The molecule has 2 saturated heterocycles. The maximum absolute atomic E-state index is 16.2. The lowest BCUT2D eigenvalue weighted by atomic mass is 10.0. The maximum Gasteiger partial charge on any atom is 0.262 e. The van der Waals surface area contributed by atoms with Crippen molar-refractivity contribution in [1.29, 1.82) is 0 Å². The molecule has 0 spiro atoms. The van der Waals surface area contributed by atoms with Crippen molar-refractivity contribution in [1.82, 2.24) is 13.9 Å². The summed E-state index contributed by atoms with van der Waals surface area (Å²) in [5, 5.41) is 3.27. The highest BCUT2D eigenvalue weighted by Crippen LogP contribution is 2.43. The number of hydrogen-bond donors (Lipinski definition) is 1. The molecule has 1 aromatic carbocycles. The van der Waals surface area contributed by atoms with Gasteiger partial charge in [-0.25, -0.2) is 26.1 Å². The molecule has 14 heteroatoms. The quantitative estimate of drug-likeness (QED) is 0.445. The molecule has 5 rings (SSSR count). The second-order valence-corrected chi connectivity index (χ2v) is 11.5. The van der Waals surface area contributed by atoms with Gasteiger partial charge in [-0.2, -0.15) is 9.40 Å². The van der Waals surface area contributed by atoms with E-state index in [1.807, 2.05) is 0 Å². The van der Waals surface area contributed by atoms with E-state index in [1.165, 1.54) is 42.4 Å². The summed E-state index contributed by atoms with van der Waals surface area (Å²) in [6.07, 6.45) is 0.190. The molecule has 2 aliphatic rings. The molecule has 3 aromatic rings. The van der Waals surface area contributed by atoms with Crippen LogP contribution >= 0.6 is 0 Å². The molecule has 3 atom stereocenters. The largest absolute Gasteiger partial charge is 0.488 e. The van der Waals surface area contributed by atoms with Crippen molar-refractivity contribution in [2.24, 2.45) is 5.73 Å². The number of rotatable bonds is 8. The summed E-state index contributed by atoms with van der Waals surface area (Å²) in [6.45, 7) is 2.30. The van der Waals surface area contributed by atoms with Gasteiger partial charge in [-0.05, 0) is 24.3 Å². The van der Waals surface area contributed by atoms with Gasteiger partial charge in [0.25, 0.3) is 15.9 Å². The summed E-state index contributed by atoms with van der Waals surface area (Å²) >= 11 is 0. The second-order valence-electron chi connectivity index (χ2n) is 9.56. The predicted octanol–water partition coefficient (Wildman–Crippen LogP) is 2.81. The highest BCUT2D eigenvalue weighted by Gasteiger charge is 2.39. The van der Waals surface area contributed by atoms with Gasteiger partial charge in [0.1, 0.15) is 34.9 Å². The van der Waals surface area contributed by atoms with Crippen LogP contribution in [0.1, 0.15) is 41.7 Å². The van der Waals surface area contributed by atoms with Crippen molar-refractivity contribution >= 4 is 27.1 Å². The van der Waals surface area contributed by atoms with Crippen molar-refractivity contribution in [2.45, 2.75) is 43.1 Å². The molecule has 4 heterocycles. The number of anilines is 1. The summed E-state index contributed by atoms with van der Waals surface area (Å²) in [5.41, 5.74) is 4.65. The Balaban J connectivity index is 1.63. The normalized spacial score (nSPS) is 21.8. The summed E-state index contributed by atoms with van der Waals surface area (Å²) in [5.74, 6) is -2.44. The number of benzene rings is 1. The number of halogens is 3. The number of nitrogens with two attached hydrogens (primary N) is 1. The molecule has 0 saturated carbocycles. The first kappa shape index (κ1) is 27.2. The first-order valence-electron chi connectivity index (χ1n) is 12.4. The van der Waals surface area contributed by atoms with E-state index in [4.69, 9.17) is 15.2 Å². The van der Waals surface area contributed by atoms with Crippen LogP contribution in [0.3, 0.4) is 0 Å². The zero-order valence-electron chi connectivity index (χ0n) is 21.3. The number of nitrogens with zero attached hydrogens (tertiary/aromatic N) is 4. The average molecular weight is 568 g/mol. The molecule has 10 nitrogen and oxygen atoms in total. The Morgan fingerprint density at radius 2 is 2.08 bits per heavy atom. The number of alkyl halides is 1. The van der Waals surface area contributed by atoms with E-state index in [-0.39, 0.29) is 31.3 Å². The van der Waals surface area contributed by atoms with Crippen molar-refractivity contribution in [3.8, 4) is 5.75 Å². The third kappa shape index (κ3) is 4.80. The minimum Gasteiger partial charge on any atom is -0.488 e. The first-order valence-corrected chi connectivity index (χ1v) is 13.9. The standard InChI is InChI=1S/C25H28F3N5O5S/c1-3-31(2)39(35,36)25-21(24(29)34)23-22(28)18(6-8-33(23)30-25)32-12-15(27)11-19(32)17-10-14(26)4-5-20(17)38-16-7-9-37-13-16/h4-6,8,10,15-16,19H,3,7,9,11-13H2,1-2H3,(H2,29,34)/t15-,16?,19+/m0/s1. The van der Waals surface area contributed by atoms with Crippen LogP contribution in [0.15, 0.2) is 35.5 Å². The van der Waals surface area contributed by atoms with Gasteiger partial charge < -0.3 is 20.1 Å². The highest BCUT2D eigenvalue weighted by atomic mass is 32.2. The lowest BCUT2D eigenvalue weighted by Crippen LogP contribution is -2.29. The van der Waals surface area contributed by atoms with Gasteiger partial charge in [-0.1, -0.05) is 6.92 Å². The molecule has 2 fully saturated rings. The van der Waals surface area contributed by atoms with Crippen LogP contribution in [0.4, 0.5) is 18.9 Å². The summed E-state index contributed by atoms with van der Waals surface area (Å²) in [7, 11) is -2.98. The van der Waals surface area contributed by atoms with Gasteiger partial charge in [-0.15, -0.1) is 0 Å². The average Bonchev–Trinajstić information content (AvgIpc) is 3.63. The van der Waals surface area contributed by atoms with E-state index in [0.29, 0.717) is 30.9 Å². The molecule has 0 bridgehead atoms. The molecule has 2 aromatic heterocycles. The summed E-state index contributed by atoms with van der Waals surface area (Å²) in [4.78, 5) is 13.8. The van der Waals surface area contributed by atoms with E-state index in [1.54, 1.807) is 6.92 Å². The fraction of sp³-hybridized carbons (Fsp3) is 0.440. The molecule has 210 valence electrons. The third-order valence-corrected chi connectivity index (χ3v) is 8.96. The zero-order chi connectivity index (χ0) is 28.1.